The van der Waals surface area contributed by atoms with Gasteiger partial charge in [0.2, 0.25) is 0 Å². The lowest BCUT2D eigenvalue weighted by atomic mass is 10.2. The summed E-state index contributed by atoms with van der Waals surface area (Å²) in [5.74, 6) is 2.59. The number of ether oxygens (including phenoxy) is 2. The van der Waals surface area contributed by atoms with Gasteiger partial charge in [0, 0.05) is 26.2 Å². The summed E-state index contributed by atoms with van der Waals surface area (Å²) < 4.78 is 10.9. The van der Waals surface area contributed by atoms with Crippen LogP contribution in [0, 0.1) is 12.3 Å². The van der Waals surface area contributed by atoms with Gasteiger partial charge >= 0.3 is 0 Å². The van der Waals surface area contributed by atoms with Crippen molar-refractivity contribution in [2.75, 3.05) is 19.8 Å². The van der Waals surface area contributed by atoms with Crippen LogP contribution in [-0.2, 0) is 16.1 Å². The fourth-order valence-corrected chi connectivity index (χ4v) is 1.41. The SMILES string of the molecule is C#CCCCOCCCOCc1ccccc1. The molecule has 0 heterocycles. The largest absolute Gasteiger partial charge is 0.381 e. The van der Waals surface area contributed by atoms with Crippen molar-refractivity contribution in [2.45, 2.75) is 25.9 Å². The van der Waals surface area contributed by atoms with E-state index < -0.39 is 0 Å². The summed E-state index contributed by atoms with van der Waals surface area (Å²) in [6.45, 7) is 2.92. The molecular formula is C15H20O2. The van der Waals surface area contributed by atoms with Gasteiger partial charge in [0.15, 0.2) is 0 Å². The van der Waals surface area contributed by atoms with E-state index in [2.05, 4.69) is 18.1 Å². The van der Waals surface area contributed by atoms with Crippen LogP contribution in [0.5, 0.6) is 0 Å². The van der Waals surface area contributed by atoms with Crippen LogP contribution in [0.4, 0.5) is 0 Å². The molecule has 92 valence electrons. The molecule has 17 heavy (non-hydrogen) atoms. The monoisotopic (exact) mass is 232 g/mol. The fraction of sp³-hybridized carbons (Fsp3) is 0.467. The predicted molar refractivity (Wildman–Crippen MR) is 69.6 cm³/mol. The van der Waals surface area contributed by atoms with E-state index in [1.165, 1.54) is 5.56 Å². The second-order valence-electron chi connectivity index (χ2n) is 3.81. The van der Waals surface area contributed by atoms with Gasteiger partial charge in [-0.3, -0.25) is 0 Å². The second-order valence-corrected chi connectivity index (χ2v) is 3.81. The van der Waals surface area contributed by atoms with Crippen molar-refractivity contribution < 1.29 is 9.47 Å². The van der Waals surface area contributed by atoms with E-state index >= 15 is 0 Å². The molecule has 0 aromatic heterocycles. The van der Waals surface area contributed by atoms with Gasteiger partial charge in [-0.25, -0.2) is 0 Å². The van der Waals surface area contributed by atoms with Crippen molar-refractivity contribution in [3.8, 4) is 12.3 Å². The summed E-state index contributed by atoms with van der Waals surface area (Å²) in [5.41, 5.74) is 1.21. The lowest BCUT2D eigenvalue weighted by Crippen LogP contribution is -2.02. The molecule has 0 aliphatic rings. The van der Waals surface area contributed by atoms with Gasteiger partial charge in [0.1, 0.15) is 0 Å². The molecule has 1 rings (SSSR count). The Bertz CT molecular complexity index is 313. The number of hydrogen-bond acceptors (Lipinski definition) is 2. The van der Waals surface area contributed by atoms with E-state index in [9.17, 15) is 0 Å². The Labute approximate surface area is 104 Å². The summed E-state index contributed by atoms with van der Waals surface area (Å²) in [7, 11) is 0. The zero-order valence-corrected chi connectivity index (χ0v) is 10.2. The standard InChI is InChI=1S/C15H20O2/c1-2-3-7-11-16-12-8-13-17-14-15-9-5-4-6-10-15/h1,4-6,9-10H,3,7-8,11-14H2. The van der Waals surface area contributed by atoms with Gasteiger partial charge in [-0.2, -0.15) is 0 Å². The highest BCUT2D eigenvalue weighted by Crippen LogP contribution is 2.00. The second kappa shape index (κ2) is 9.89. The first kappa shape index (κ1) is 13.8. The lowest BCUT2D eigenvalue weighted by molar-refractivity contribution is 0.0752. The van der Waals surface area contributed by atoms with Crippen LogP contribution in [0.1, 0.15) is 24.8 Å². The van der Waals surface area contributed by atoms with Crippen LogP contribution < -0.4 is 0 Å². The summed E-state index contributed by atoms with van der Waals surface area (Å²) in [4.78, 5) is 0. The highest BCUT2D eigenvalue weighted by atomic mass is 16.5. The Morgan fingerprint density at radius 2 is 1.65 bits per heavy atom. The molecule has 0 unspecified atom stereocenters. The third-order valence-electron chi connectivity index (χ3n) is 2.30. The Morgan fingerprint density at radius 3 is 2.41 bits per heavy atom. The minimum absolute atomic E-state index is 0.679. The fourth-order valence-electron chi connectivity index (χ4n) is 1.41. The van der Waals surface area contributed by atoms with Gasteiger partial charge in [-0.1, -0.05) is 30.3 Å². The highest BCUT2D eigenvalue weighted by molar-refractivity contribution is 5.13. The van der Waals surface area contributed by atoms with Gasteiger partial charge in [-0.05, 0) is 18.4 Å². The third-order valence-corrected chi connectivity index (χ3v) is 2.30. The zero-order chi connectivity index (χ0) is 12.2. The van der Waals surface area contributed by atoms with Crippen LogP contribution in [0.25, 0.3) is 0 Å². The Morgan fingerprint density at radius 1 is 0.941 bits per heavy atom. The molecule has 0 atom stereocenters. The first-order valence-electron chi connectivity index (χ1n) is 6.06. The first-order chi connectivity index (χ1) is 8.43. The summed E-state index contributed by atoms with van der Waals surface area (Å²) in [6, 6.07) is 10.2. The molecule has 0 saturated heterocycles. The van der Waals surface area contributed by atoms with Gasteiger partial charge in [0.05, 0.1) is 6.61 Å². The minimum atomic E-state index is 0.679. The number of benzene rings is 1. The van der Waals surface area contributed by atoms with Gasteiger partial charge < -0.3 is 9.47 Å². The predicted octanol–water partition coefficient (Wildman–Crippen LogP) is 3.02. The van der Waals surface area contributed by atoms with Crippen molar-refractivity contribution in [3.05, 3.63) is 35.9 Å². The number of terminal acetylenes is 1. The average Bonchev–Trinajstić information content (AvgIpc) is 2.38. The van der Waals surface area contributed by atoms with E-state index in [0.29, 0.717) is 6.61 Å². The molecule has 0 bridgehead atoms. The molecular weight excluding hydrogens is 212 g/mol. The Kier molecular flexibility index (Phi) is 8.01. The minimum Gasteiger partial charge on any atom is -0.381 e. The highest BCUT2D eigenvalue weighted by Gasteiger charge is 1.92. The zero-order valence-electron chi connectivity index (χ0n) is 10.2. The maximum atomic E-state index is 5.54. The van der Waals surface area contributed by atoms with E-state index in [1.807, 2.05) is 18.2 Å². The lowest BCUT2D eigenvalue weighted by Gasteiger charge is -2.05. The normalized spacial score (nSPS) is 10.1. The molecule has 0 amide bonds. The van der Waals surface area contributed by atoms with Crippen molar-refractivity contribution in [1.29, 1.82) is 0 Å². The molecule has 0 spiro atoms. The number of hydrogen-bond donors (Lipinski definition) is 0. The summed E-state index contributed by atoms with van der Waals surface area (Å²) in [6.07, 6.45) is 7.81. The van der Waals surface area contributed by atoms with Crippen LogP contribution >= 0.6 is 0 Å². The molecule has 0 radical (unpaired) electrons. The smallest absolute Gasteiger partial charge is 0.0716 e. The molecule has 1 aromatic rings. The van der Waals surface area contributed by atoms with Crippen molar-refractivity contribution in [2.24, 2.45) is 0 Å². The van der Waals surface area contributed by atoms with Crippen molar-refractivity contribution >= 4 is 0 Å². The third kappa shape index (κ3) is 7.57. The molecule has 0 saturated carbocycles. The van der Waals surface area contributed by atoms with Crippen molar-refractivity contribution in [1.82, 2.24) is 0 Å². The van der Waals surface area contributed by atoms with Crippen LogP contribution in [-0.4, -0.2) is 19.8 Å². The van der Waals surface area contributed by atoms with E-state index in [0.717, 1.165) is 39.1 Å². The Hall–Kier alpha value is -1.30. The van der Waals surface area contributed by atoms with E-state index in [-0.39, 0.29) is 0 Å². The van der Waals surface area contributed by atoms with Crippen LogP contribution in [0.3, 0.4) is 0 Å². The molecule has 1 aromatic carbocycles. The molecule has 2 heteroatoms. The first-order valence-corrected chi connectivity index (χ1v) is 6.06. The number of unbranched alkanes of at least 4 members (excludes halogenated alkanes) is 1. The summed E-state index contributed by atoms with van der Waals surface area (Å²) >= 11 is 0. The topological polar surface area (TPSA) is 18.5 Å². The van der Waals surface area contributed by atoms with E-state index in [1.54, 1.807) is 0 Å². The van der Waals surface area contributed by atoms with Crippen LogP contribution in [0.15, 0.2) is 30.3 Å². The summed E-state index contributed by atoms with van der Waals surface area (Å²) in [5, 5.41) is 0. The quantitative estimate of drug-likeness (QED) is 0.481. The van der Waals surface area contributed by atoms with Gasteiger partial charge in [0.25, 0.3) is 0 Å². The molecule has 0 N–H and O–H groups in total. The molecule has 0 aliphatic carbocycles. The van der Waals surface area contributed by atoms with Crippen molar-refractivity contribution in [3.63, 3.8) is 0 Å². The van der Waals surface area contributed by atoms with E-state index in [4.69, 9.17) is 15.9 Å². The maximum absolute atomic E-state index is 5.54. The molecule has 2 nitrogen and oxygen atoms in total. The Balaban J connectivity index is 1.87. The maximum Gasteiger partial charge on any atom is 0.0716 e. The van der Waals surface area contributed by atoms with Crippen LogP contribution in [0.2, 0.25) is 0 Å². The number of rotatable bonds is 9. The average molecular weight is 232 g/mol. The molecule has 0 aliphatic heterocycles. The van der Waals surface area contributed by atoms with Gasteiger partial charge in [-0.15, -0.1) is 12.3 Å². The molecule has 0 fully saturated rings.